The number of carbonyl (C=O) groups is 1. The fraction of sp³-hybridized carbons (Fsp3) is 0.222. The van der Waals surface area contributed by atoms with Crippen molar-refractivity contribution in [1.82, 2.24) is 5.43 Å². The van der Waals surface area contributed by atoms with Gasteiger partial charge in [0.05, 0.1) is 12.7 Å². The summed E-state index contributed by atoms with van der Waals surface area (Å²) in [4.78, 5) is 11.0. The molecule has 4 nitrogen and oxygen atoms in total. The first-order chi connectivity index (χ1) is 6.27. The molecule has 0 aliphatic carbocycles. The van der Waals surface area contributed by atoms with Crippen molar-refractivity contribution in [2.24, 2.45) is 5.84 Å². The van der Waals surface area contributed by atoms with Gasteiger partial charge < -0.3 is 4.74 Å². The molecule has 1 aromatic rings. The molecule has 0 saturated heterocycles. The molecule has 0 aromatic heterocycles. The number of hydrogen-bond acceptors (Lipinski definition) is 4. The van der Waals surface area contributed by atoms with Crippen molar-refractivity contribution in [3.8, 4) is 0 Å². The number of benzene rings is 1. The quantitative estimate of drug-likeness (QED) is 0.402. The highest BCUT2D eigenvalue weighted by molar-refractivity contribution is 5.89. The predicted molar refractivity (Wildman–Crippen MR) is 48.8 cm³/mol. The van der Waals surface area contributed by atoms with Crippen molar-refractivity contribution in [1.29, 1.82) is 0 Å². The van der Waals surface area contributed by atoms with Crippen LogP contribution in [0.3, 0.4) is 0 Å². The number of methoxy groups -OCH3 is 1. The molecule has 13 heavy (non-hydrogen) atoms. The van der Waals surface area contributed by atoms with Crippen molar-refractivity contribution in [2.75, 3.05) is 7.11 Å². The van der Waals surface area contributed by atoms with Crippen molar-refractivity contribution < 1.29 is 9.53 Å². The monoisotopic (exact) mass is 180 g/mol. The number of nitrogens with one attached hydrogen (secondary N) is 1. The number of rotatable bonds is 3. The van der Waals surface area contributed by atoms with E-state index in [4.69, 9.17) is 5.84 Å². The van der Waals surface area contributed by atoms with Crippen molar-refractivity contribution in [2.45, 2.75) is 6.54 Å². The summed E-state index contributed by atoms with van der Waals surface area (Å²) in [7, 11) is 1.36. The third kappa shape index (κ3) is 2.54. The van der Waals surface area contributed by atoms with E-state index in [-0.39, 0.29) is 5.97 Å². The molecular formula is C9H12N2O2. The van der Waals surface area contributed by atoms with Gasteiger partial charge in [0.2, 0.25) is 0 Å². The zero-order valence-electron chi connectivity index (χ0n) is 7.41. The van der Waals surface area contributed by atoms with Crippen LogP contribution < -0.4 is 11.3 Å². The van der Waals surface area contributed by atoms with Gasteiger partial charge >= 0.3 is 5.97 Å². The number of hydrogen-bond donors (Lipinski definition) is 2. The lowest BCUT2D eigenvalue weighted by Gasteiger charge is -2.01. The van der Waals surface area contributed by atoms with Gasteiger partial charge in [-0.1, -0.05) is 12.1 Å². The molecule has 4 heteroatoms. The maximum atomic E-state index is 11.0. The van der Waals surface area contributed by atoms with E-state index in [1.54, 1.807) is 12.1 Å². The van der Waals surface area contributed by atoms with Crippen LogP contribution in [0.1, 0.15) is 15.9 Å². The van der Waals surface area contributed by atoms with Gasteiger partial charge in [0.1, 0.15) is 0 Å². The Morgan fingerprint density at radius 1 is 1.46 bits per heavy atom. The SMILES string of the molecule is COC(=O)c1ccc(CNN)cc1. The maximum Gasteiger partial charge on any atom is 0.337 e. The molecule has 0 radical (unpaired) electrons. The van der Waals surface area contributed by atoms with Crippen LogP contribution in [0.4, 0.5) is 0 Å². The van der Waals surface area contributed by atoms with Crippen LogP contribution in [0.15, 0.2) is 24.3 Å². The summed E-state index contributed by atoms with van der Waals surface area (Å²) >= 11 is 0. The molecule has 1 aromatic carbocycles. The first-order valence-corrected chi connectivity index (χ1v) is 3.88. The Morgan fingerprint density at radius 3 is 2.54 bits per heavy atom. The number of hydrazine groups is 1. The molecule has 0 saturated carbocycles. The topological polar surface area (TPSA) is 64.3 Å². The summed E-state index contributed by atoms with van der Waals surface area (Å²) in [6, 6.07) is 7.06. The van der Waals surface area contributed by atoms with Crippen molar-refractivity contribution in [3.63, 3.8) is 0 Å². The van der Waals surface area contributed by atoms with Crippen molar-refractivity contribution in [3.05, 3.63) is 35.4 Å². The maximum absolute atomic E-state index is 11.0. The summed E-state index contributed by atoms with van der Waals surface area (Å²) in [5, 5.41) is 0. The third-order valence-electron chi connectivity index (χ3n) is 1.68. The third-order valence-corrected chi connectivity index (χ3v) is 1.68. The van der Waals surface area contributed by atoms with E-state index in [2.05, 4.69) is 10.2 Å². The zero-order valence-corrected chi connectivity index (χ0v) is 7.41. The Bertz CT molecular complexity index is 282. The van der Waals surface area contributed by atoms with E-state index < -0.39 is 0 Å². The molecule has 3 N–H and O–H groups in total. The molecule has 1 rings (SSSR count). The van der Waals surface area contributed by atoms with E-state index in [9.17, 15) is 4.79 Å². The van der Waals surface area contributed by atoms with Gasteiger partial charge in [-0.2, -0.15) is 0 Å². The Hall–Kier alpha value is -1.39. The average molecular weight is 180 g/mol. The van der Waals surface area contributed by atoms with Crippen LogP contribution in [0, 0.1) is 0 Å². The second kappa shape index (κ2) is 4.59. The normalized spacial score (nSPS) is 9.69. The van der Waals surface area contributed by atoms with Crippen molar-refractivity contribution >= 4 is 5.97 Å². The van der Waals surface area contributed by atoms with E-state index in [1.807, 2.05) is 12.1 Å². The number of carbonyl (C=O) groups excluding carboxylic acids is 1. The summed E-state index contributed by atoms with van der Waals surface area (Å²) in [6.07, 6.45) is 0. The average Bonchev–Trinajstić information content (AvgIpc) is 2.18. The highest BCUT2D eigenvalue weighted by Crippen LogP contribution is 2.04. The molecule has 0 heterocycles. The number of esters is 1. The lowest BCUT2D eigenvalue weighted by Crippen LogP contribution is -2.20. The molecule has 0 aliphatic rings. The van der Waals surface area contributed by atoms with Gasteiger partial charge in [0, 0.05) is 6.54 Å². The fourth-order valence-corrected chi connectivity index (χ4v) is 0.994. The minimum Gasteiger partial charge on any atom is -0.465 e. The van der Waals surface area contributed by atoms with E-state index >= 15 is 0 Å². The number of ether oxygens (including phenoxy) is 1. The molecule has 0 atom stereocenters. The smallest absolute Gasteiger partial charge is 0.337 e. The second-order valence-electron chi connectivity index (χ2n) is 2.57. The summed E-state index contributed by atoms with van der Waals surface area (Å²) in [5.41, 5.74) is 4.10. The molecule has 0 fully saturated rings. The first kappa shape index (κ1) is 9.70. The van der Waals surface area contributed by atoms with E-state index in [0.717, 1.165) is 5.56 Å². The number of nitrogens with two attached hydrogens (primary N) is 1. The minimum atomic E-state index is -0.327. The summed E-state index contributed by atoms with van der Waals surface area (Å²) in [6.45, 7) is 0.585. The lowest BCUT2D eigenvalue weighted by molar-refractivity contribution is 0.0600. The van der Waals surface area contributed by atoms with E-state index in [1.165, 1.54) is 7.11 Å². The van der Waals surface area contributed by atoms with E-state index in [0.29, 0.717) is 12.1 Å². The first-order valence-electron chi connectivity index (χ1n) is 3.88. The van der Waals surface area contributed by atoms with Gasteiger partial charge in [0.25, 0.3) is 0 Å². The van der Waals surface area contributed by atoms with Gasteiger partial charge in [-0.05, 0) is 17.7 Å². The minimum absolute atomic E-state index is 0.327. The van der Waals surface area contributed by atoms with Crippen LogP contribution in [-0.2, 0) is 11.3 Å². The second-order valence-corrected chi connectivity index (χ2v) is 2.57. The molecule has 0 unspecified atom stereocenters. The summed E-state index contributed by atoms with van der Waals surface area (Å²) in [5.74, 6) is 4.82. The fourth-order valence-electron chi connectivity index (χ4n) is 0.994. The van der Waals surface area contributed by atoms with Crippen LogP contribution >= 0.6 is 0 Å². The largest absolute Gasteiger partial charge is 0.465 e. The lowest BCUT2D eigenvalue weighted by atomic mass is 10.1. The molecule has 0 aliphatic heterocycles. The molecule has 0 amide bonds. The van der Waals surface area contributed by atoms with Crippen LogP contribution in [0.5, 0.6) is 0 Å². The van der Waals surface area contributed by atoms with Gasteiger partial charge in [-0.25, -0.2) is 4.79 Å². The van der Waals surface area contributed by atoms with Gasteiger partial charge in [-0.15, -0.1) is 0 Å². The Kier molecular flexibility index (Phi) is 3.42. The molecule has 0 spiro atoms. The van der Waals surface area contributed by atoms with Crippen LogP contribution in [0.2, 0.25) is 0 Å². The molecular weight excluding hydrogens is 168 g/mol. The summed E-state index contributed by atoms with van der Waals surface area (Å²) < 4.78 is 4.56. The highest BCUT2D eigenvalue weighted by Gasteiger charge is 2.03. The predicted octanol–water partition coefficient (Wildman–Crippen LogP) is 0.436. The molecule has 70 valence electrons. The Balaban J connectivity index is 2.75. The Morgan fingerprint density at radius 2 is 2.08 bits per heavy atom. The molecule has 0 bridgehead atoms. The van der Waals surface area contributed by atoms with Gasteiger partial charge in [-0.3, -0.25) is 11.3 Å². The zero-order chi connectivity index (χ0) is 9.68. The highest BCUT2D eigenvalue weighted by atomic mass is 16.5. The standard InChI is InChI=1S/C9H12N2O2/c1-13-9(12)8-4-2-7(3-5-8)6-11-10/h2-5,11H,6,10H2,1H3. The van der Waals surface area contributed by atoms with Crippen LogP contribution in [-0.4, -0.2) is 13.1 Å². The van der Waals surface area contributed by atoms with Crippen LogP contribution in [0.25, 0.3) is 0 Å². The Labute approximate surface area is 76.7 Å². The van der Waals surface area contributed by atoms with Gasteiger partial charge in [0.15, 0.2) is 0 Å².